The molecular formula is C10H15N3O2. The van der Waals surface area contributed by atoms with E-state index < -0.39 is 0 Å². The van der Waals surface area contributed by atoms with Crippen molar-refractivity contribution in [2.24, 2.45) is 0 Å². The van der Waals surface area contributed by atoms with Gasteiger partial charge in [-0.25, -0.2) is 0 Å². The summed E-state index contributed by atoms with van der Waals surface area (Å²) in [6.45, 7) is 3.89. The van der Waals surface area contributed by atoms with Gasteiger partial charge in [-0.3, -0.25) is 4.79 Å². The normalized spacial score (nSPS) is 15.7. The number of likely N-dealkylation sites (tertiary alicyclic amines) is 1. The van der Waals surface area contributed by atoms with Crippen LogP contribution in [0, 0.1) is 6.92 Å². The van der Waals surface area contributed by atoms with Gasteiger partial charge >= 0.3 is 0 Å². The van der Waals surface area contributed by atoms with Gasteiger partial charge in [-0.1, -0.05) is 5.16 Å². The topological polar surface area (TPSA) is 58.4 Å². The molecule has 15 heavy (non-hydrogen) atoms. The number of aryl methyl sites for hydroxylation is 1. The molecule has 0 unspecified atom stereocenters. The smallest absolute Gasteiger partial charge is 0.241 e. The van der Waals surface area contributed by atoms with Crippen LogP contribution in [0.3, 0.4) is 0 Å². The second kappa shape index (κ2) is 4.33. The maximum atomic E-state index is 11.6. The number of aromatic nitrogens is 1. The van der Waals surface area contributed by atoms with E-state index in [9.17, 15) is 4.79 Å². The van der Waals surface area contributed by atoms with Gasteiger partial charge < -0.3 is 14.7 Å². The summed E-state index contributed by atoms with van der Waals surface area (Å²) < 4.78 is 4.88. The van der Waals surface area contributed by atoms with E-state index in [1.165, 1.54) is 0 Å². The first-order chi connectivity index (χ1) is 7.25. The quantitative estimate of drug-likeness (QED) is 0.807. The predicted octanol–water partition coefficient (Wildman–Crippen LogP) is 1.02. The van der Waals surface area contributed by atoms with E-state index in [0.29, 0.717) is 12.4 Å². The molecular weight excluding hydrogens is 194 g/mol. The maximum absolute atomic E-state index is 11.6. The monoisotopic (exact) mass is 209 g/mol. The van der Waals surface area contributed by atoms with Crippen molar-refractivity contribution >= 4 is 11.7 Å². The second-order valence-electron chi connectivity index (χ2n) is 3.76. The highest BCUT2D eigenvalue weighted by Crippen LogP contribution is 2.09. The summed E-state index contributed by atoms with van der Waals surface area (Å²) in [4.78, 5) is 13.5. The Labute approximate surface area is 88.4 Å². The zero-order chi connectivity index (χ0) is 10.7. The van der Waals surface area contributed by atoms with Gasteiger partial charge in [0.15, 0.2) is 5.82 Å². The fourth-order valence-corrected chi connectivity index (χ4v) is 1.69. The Morgan fingerprint density at radius 2 is 2.33 bits per heavy atom. The number of carbonyl (C=O) groups is 1. The van der Waals surface area contributed by atoms with Crippen LogP contribution in [0.5, 0.6) is 0 Å². The molecule has 0 atom stereocenters. The summed E-state index contributed by atoms with van der Waals surface area (Å²) in [7, 11) is 0. The summed E-state index contributed by atoms with van der Waals surface area (Å²) in [6.07, 6.45) is 2.24. The van der Waals surface area contributed by atoms with Crippen LogP contribution >= 0.6 is 0 Å². The van der Waals surface area contributed by atoms with Crippen molar-refractivity contribution < 1.29 is 9.32 Å². The molecule has 0 bridgehead atoms. The molecule has 0 aromatic carbocycles. The third-order valence-corrected chi connectivity index (χ3v) is 2.51. The molecule has 1 amide bonds. The molecule has 1 aromatic rings. The number of hydrogen-bond donors (Lipinski definition) is 1. The van der Waals surface area contributed by atoms with Gasteiger partial charge in [0.1, 0.15) is 5.76 Å². The minimum Gasteiger partial charge on any atom is -0.360 e. The molecule has 5 nitrogen and oxygen atoms in total. The SMILES string of the molecule is Cc1cc(NCC(=O)N2CCCC2)no1. The Bertz CT molecular complexity index is 342. The van der Waals surface area contributed by atoms with Crippen LogP contribution in [0.4, 0.5) is 5.82 Å². The van der Waals surface area contributed by atoms with Crippen LogP contribution in [0.25, 0.3) is 0 Å². The molecule has 1 aliphatic rings. The number of hydrogen-bond acceptors (Lipinski definition) is 4. The van der Waals surface area contributed by atoms with Crippen molar-refractivity contribution in [3.63, 3.8) is 0 Å². The van der Waals surface area contributed by atoms with Crippen LogP contribution in [-0.4, -0.2) is 35.6 Å². The summed E-state index contributed by atoms with van der Waals surface area (Å²) in [5.41, 5.74) is 0. The summed E-state index contributed by atoms with van der Waals surface area (Å²) in [5, 5.41) is 6.70. The molecule has 0 radical (unpaired) electrons. The number of rotatable bonds is 3. The lowest BCUT2D eigenvalue weighted by Crippen LogP contribution is -2.33. The van der Waals surface area contributed by atoms with E-state index in [1.807, 2.05) is 11.8 Å². The molecule has 0 saturated carbocycles. The number of anilines is 1. The second-order valence-corrected chi connectivity index (χ2v) is 3.76. The highest BCUT2D eigenvalue weighted by molar-refractivity contribution is 5.80. The Kier molecular flexibility index (Phi) is 2.89. The van der Waals surface area contributed by atoms with Crippen molar-refractivity contribution in [2.75, 3.05) is 25.0 Å². The van der Waals surface area contributed by atoms with E-state index in [0.717, 1.165) is 31.7 Å². The first-order valence-corrected chi connectivity index (χ1v) is 5.20. The minimum absolute atomic E-state index is 0.133. The molecule has 1 aliphatic heterocycles. The number of nitrogens with one attached hydrogen (secondary N) is 1. The molecule has 2 heterocycles. The van der Waals surface area contributed by atoms with Crippen molar-refractivity contribution in [3.8, 4) is 0 Å². The van der Waals surface area contributed by atoms with Gasteiger partial charge in [-0.2, -0.15) is 0 Å². The lowest BCUT2D eigenvalue weighted by molar-refractivity contribution is -0.128. The average molecular weight is 209 g/mol. The first kappa shape index (κ1) is 10.0. The van der Waals surface area contributed by atoms with E-state index in [1.54, 1.807) is 6.07 Å². The third kappa shape index (κ3) is 2.49. The van der Waals surface area contributed by atoms with Crippen LogP contribution in [0.2, 0.25) is 0 Å². The Balaban J connectivity index is 1.80. The summed E-state index contributed by atoms with van der Waals surface area (Å²) >= 11 is 0. The van der Waals surface area contributed by atoms with Gasteiger partial charge in [0.25, 0.3) is 0 Å². The van der Waals surface area contributed by atoms with Crippen molar-refractivity contribution in [1.82, 2.24) is 10.1 Å². The number of amides is 1. The van der Waals surface area contributed by atoms with E-state index in [-0.39, 0.29) is 5.91 Å². The average Bonchev–Trinajstić information content (AvgIpc) is 2.84. The molecule has 0 spiro atoms. The molecule has 2 rings (SSSR count). The van der Waals surface area contributed by atoms with Crippen LogP contribution in [0.1, 0.15) is 18.6 Å². The van der Waals surface area contributed by atoms with Crippen molar-refractivity contribution in [1.29, 1.82) is 0 Å². The van der Waals surface area contributed by atoms with Gasteiger partial charge in [0, 0.05) is 19.2 Å². The van der Waals surface area contributed by atoms with E-state index in [2.05, 4.69) is 10.5 Å². The molecule has 0 aliphatic carbocycles. The fraction of sp³-hybridized carbons (Fsp3) is 0.600. The van der Waals surface area contributed by atoms with Crippen LogP contribution < -0.4 is 5.32 Å². The van der Waals surface area contributed by atoms with Gasteiger partial charge in [-0.05, 0) is 19.8 Å². The number of carbonyl (C=O) groups excluding carboxylic acids is 1. The fourth-order valence-electron chi connectivity index (χ4n) is 1.69. The van der Waals surface area contributed by atoms with Crippen molar-refractivity contribution in [3.05, 3.63) is 11.8 Å². The highest BCUT2D eigenvalue weighted by atomic mass is 16.5. The Hall–Kier alpha value is -1.52. The minimum atomic E-state index is 0.133. The van der Waals surface area contributed by atoms with Gasteiger partial charge in [0.05, 0.1) is 6.54 Å². The Morgan fingerprint density at radius 1 is 1.60 bits per heavy atom. The summed E-state index contributed by atoms with van der Waals surface area (Å²) in [6, 6.07) is 1.78. The molecule has 82 valence electrons. The third-order valence-electron chi connectivity index (χ3n) is 2.51. The van der Waals surface area contributed by atoms with E-state index in [4.69, 9.17) is 4.52 Å². The molecule has 1 N–H and O–H groups in total. The molecule has 1 aromatic heterocycles. The standard InChI is InChI=1S/C10H15N3O2/c1-8-6-9(12-15-8)11-7-10(14)13-4-2-3-5-13/h6H,2-5,7H2,1H3,(H,11,12). The highest BCUT2D eigenvalue weighted by Gasteiger charge is 2.17. The van der Waals surface area contributed by atoms with E-state index >= 15 is 0 Å². The van der Waals surface area contributed by atoms with Gasteiger partial charge in [0.2, 0.25) is 5.91 Å². The van der Waals surface area contributed by atoms with Crippen molar-refractivity contribution in [2.45, 2.75) is 19.8 Å². The lowest BCUT2D eigenvalue weighted by Gasteiger charge is -2.14. The number of nitrogens with zero attached hydrogens (tertiary/aromatic N) is 2. The van der Waals surface area contributed by atoms with Crippen LogP contribution in [0.15, 0.2) is 10.6 Å². The summed E-state index contributed by atoms with van der Waals surface area (Å²) in [5.74, 6) is 1.50. The predicted molar refractivity (Wildman–Crippen MR) is 55.5 cm³/mol. The lowest BCUT2D eigenvalue weighted by atomic mass is 10.4. The molecule has 1 saturated heterocycles. The van der Waals surface area contributed by atoms with Crippen LogP contribution in [-0.2, 0) is 4.79 Å². The zero-order valence-electron chi connectivity index (χ0n) is 8.82. The first-order valence-electron chi connectivity index (χ1n) is 5.20. The molecule has 5 heteroatoms. The maximum Gasteiger partial charge on any atom is 0.241 e. The Morgan fingerprint density at radius 3 is 2.93 bits per heavy atom. The zero-order valence-corrected chi connectivity index (χ0v) is 8.82. The van der Waals surface area contributed by atoms with Gasteiger partial charge in [-0.15, -0.1) is 0 Å². The largest absolute Gasteiger partial charge is 0.360 e. The molecule has 1 fully saturated rings.